The van der Waals surface area contributed by atoms with Crippen LogP contribution in [0.25, 0.3) is 0 Å². The van der Waals surface area contributed by atoms with E-state index in [2.05, 4.69) is 34.7 Å². The van der Waals surface area contributed by atoms with Crippen molar-refractivity contribution in [2.24, 2.45) is 5.92 Å². The standard InChI is InChI=1S/C13H25N5OS/c1-11(2)9-14-7-8-18-12(15-16-17-18)20-10-13(19)5-3-4-6-13/h11,14,19H,3-10H2,1-2H3. The summed E-state index contributed by atoms with van der Waals surface area (Å²) in [6, 6.07) is 0. The van der Waals surface area contributed by atoms with Gasteiger partial charge in [-0.2, -0.15) is 0 Å². The van der Waals surface area contributed by atoms with Crippen LogP contribution in [0.2, 0.25) is 0 Å². The van der Waals surface area contributed by atoms with Crippen LogP contribution < -0.4 is 5.32 Å². The predicted octanol–water partition coefficient (Wildman–Crippen LogP) is 1.32. The van der Waals surface area contributed by atoms with Crippen LogP contribution in [-0.4, -0.2) is 49.8 Å². The van der Waals surface area contributed by atoms with Crippen molar-refractivity contribution in [1.29, 1.82) is 0 Å². The van der Waals surface area contributed by atoms with Crippen LogP contribution in [0, 0.1) is 5.92 Å². The fraction of sp³-hybridized carbons (Fsp3) is 0.923. The average Bonchev–Trinajstić information content (AvgIpc) is 3.02. The number of rotatable bonds is 8. The second-order valence-electron chi connectivity index (χ2n) is 6.00. The second-order valence-corrected chi connectivity index (χ2v) is 6.95. The Bertz CT molecular complexity index is 403. The molecular weight excluding hydrogens is 274 g/mol. The minimum atomic E-state index is -0.517. The molecule has 0 aliphatic heterocycles. The highest BCUT2D eigenvalue weighted by Gasteiger charge is 2.31. The minimum Gasteiger partial charge on any atom is -0.389 e. The van der Waals surface area contributed by atoms with E-state index < -0.39 is 5.60 Å². The number of aliphatic hydroxyl groups is 1. The summed E-state index contributed by atoms with van der Waals surface area (Å²) in [5.74, 6) is 1.33. The van der Waals surface area contributed by atoms with Crippen molar-refractivity contribution in [2.45, 2.75) is 56.8 Å². The highest BCUT2D eigenvalue weighted by Crippen LogP contribution is 2.33. The molecule has 1 aromatic rings. The third kappa shape index (κ3) is 4.71. The van der Waals surface area contributed by atoms with E-state index in [4.69, 9.17) is 0 Å². The van der Waals surface area contributed by atoms with Gasteiger partial charge in [-0.3, -0.25) is 0 Å². The van der Waals surface area contributed by atoms with Crippen molar-refractivity contribution >= 4 is 11.8 Å². The molecule has 0 saturated heterocycles. The summed E-state index contributed by atoms with van der Waals surface area (Å²) in [4.78, 5) is 0. The quantitative estimate of drug-likeness (QED) is 0.557. The van der Waals surface area contributed by atoms with Crippen molar-refractivity contribution in [3.63, 3.8) is 0 Å². The Balaban J connectivity index is 1.76. The van der Waals surface area contributed by atoms with Gasteiger partial charge < -0.3 is 10.4 Å². The van der Waals surface area contributed by atoms with Crippen molar-refractivity contribution in [1.82, 2.24) is 25.5 Å². The molecule has 1 aromatic heterocycles. The fourth-order valence-corrected chi connectivity index (χ4v) is 3.45. The molecule has 2 N–H and O–H groups in total. The maximum absolute atomic E-state index is 10.3. The molecule has 0 unspecified atom stereocenters. The molecule has 7 heteroatoms. The molecule has 1 aliphatic rings. The van der Waals surface area contributed by atoms with E-state index in [-0.39, 0.29) is 0 Å². The number of hydrogen-bond acceptors (Lipinski definition) is 6. The van der Waals surface area contributed by atoms with Gasteiger partial charge in [0.1, 0.15) is 0 Å². The molecule has 1 aliphatic carbocycles. The molecule has 0 atom stereocenters. The second kappa shape index (κ2) is 7.38. The average molecular weight is 299 g/mol. The van der Waals surface area contributed by atoms with Crippen LogP contribution >= 0.6 is 11.8 Å². The number of nitrogens with zero attached hydrogens (tertiary/aromatic N) is 4. The first-order valence-electron chi connectivity index (χ1n) is 7.41. The first-order valence-corrected chi connectivity index (χ1v) is 8.40. The zero-order chi connectivity index (χ0) is 14.4. The van der Waals surface area contributed by atoms with Crippen molar-refractivity contribution in [3.05, 3.63) is 0 Å². The van der Waals surface area contributed by atoms with E-state index in [1.807, 2.05) is 4.68 Å². The topological polar surface area (TPSA) is 75.9 Å². The van der Waals surface area contributed by atoms with Gasteiger partial charge in [-0.15, -0.1) is 5.10 Å². The summed E-state index contributed by atoms with van der Waals surface area (Å²) in [6.45, 7) is 7.01. The van der Waals surface area contributed by atoms with E-state index in [1.54, 1.807) is 11.8 Å². The van der Waals surface area contributed by atoms with Gasteiger partial charge in [-0.25, -0.2) is 4.68 Å². The summed E-state index contributed by atoms with van der Waals surface area (Å²) in [6.07, 6.45) is 4.05. The Hall–Kier alpha value is -0.660. The van der Waals surface area contributed by atoms with Gasteiger partial charge >= 0.3 is 0 Å². The molecule has 1 saturated carbocycles. The smallest absolute Gasteiger partial charge is 0.209 e. The number of aromatic nitrogens is 4. The lowest BCUT2D eigenvalue weighted by Gasteiger charge is -2.20. The first-order chi connectivity index (χ1) is 9.59. The van der Waals surface area contributed by atoms with E-state index in [0.717, 1.165) is 50.5 Å². The largest absolute Gasteiger partial charge is 0.389 e. The number of nitrogens with one attached hydrogen (secondary N) is 1. The summed E-state index contributed by atoms with van der Waals surface area (Å²) in [5.41, 5.74) is -0.517. The molecule has 0 aromatic carbocycles. The predicted molar refractivity (Wildman–Crippen MR) is 79.7 cm³/mol. The maximum Gasteiger partial charge on any atom is 0.209 e. The number of thioether (sulfide) groups is 1. The van der Waals surface area contributed by atoms with Gasteiger partial charge in [-0.05, 0) is 35.7 Å². The molecule has 0 bridgehead atoms. The van der Waals surface area contributed by atoms with Gasteiger partial charge in [0.2, 0.25) is 5.16 Å². The monoisotopic (exact) mass is 299 g/mol. The van der Waals surface area contributed by atoms with Gasteiger partial charge in [0.25, 0.3) is 0 Å². The Labute approximate surface area is 124 Å². The number of hydrogen-bond donors (Lipinski definition) is 2. The zero-order valence-corrected chi connectivity index (χ0v) is 13.2. The molecule has 20 heavy (non-hydrogen) atoms. The van der Waals surface area contributed by atoms with Gasteiger partial charge in [0.05, 0.1) is 12.1 Å². The highest BCUT2D eigenvalue weighted by atomic mass is 32.2. The lowest BCUT2D eigenvalue weighted by atomic mass is 10.1. The first kappa shape index (κ1) is 15.7. The Morgan fingerprint density at radius 3 is 2.85 bits per heavy atom. The van der Waals surface area contributed by atoms with Gasteiger partial charge in [0.15, 0.2) is 0 Å². The molecule has 2 rings (SSSR count). The van der Waals surface area contributed by atoms with Crippen LogP contribution in [0.1, 0.15) is 39.5 Å². The fourth-order valence-electron chi connectivity index (χ4n) is 2.39. The molecule has 114 valence electrons. The van der Waals surface area contributed by atoms with E-state index in [1.165, 1.54) is 0 Å². The van der Waals surface area contributed by atoms with Crippen molar-refractivity contribution in [2.75, 3.05) is 18.8 Å². The van der Waals surface area contributed by atoms with Crippen LogP contribution in [0.4, 0.5) is 0 Å². The maximum atomic E-state index is 10.3. The molecule has 6 nitrogen and oxygen atoms in total. The van der Waals surface area contributed by atoms with Crippen LogP contribution in [-0.2, 0) is 6.54 Å². The van der Waals surface area contributed by atoms with Crippen LogP contribution in [0.3, 0.4) is 0 Å². The zero-order valence-electron chi connectivity index (χ0n) is 12.4. The lowest BCUT2D eigenvalue weighted by Crippen LogP contribution is -2.28. The minimum absolute atomic E-state index is 0.517. The van der Waals surface area contributed by atoms with Gasteiger partial charge in [0, 0.05) is 12.3 Å². The molecular formula is C13H25N5OS. The summed E-state index contributed by atoms with van der Waals surface area (Å²) in [5, 5.41) is 26.3. The van der Waals surface area contributed by atoms with Crippen LogP contribution in [0.15, 0.2) is 5.16 Å². The Kier molecular flexibility index (Phi) is 5.80. The Morgan fingerprint density at radius 2 is 2.15 bits per heavy atom. The van der Waals surface area contributed by atoms with E-state index in [0.29, 0.717) is 11.7 Å². The van der Waals surface area contributed by atoms with Crippen molar-refractivity contribution in [3.8, 4) is 0 Å². The lowest BCUT2D eigenvalue weighted by molar-refractivity contribution is 0.0732. The highest BCUT2D eigenvalue weighted by molar-refractivity contribution is 7.99. The Morgan fingerprint density at radius 1 is 1.40 bits per heavy atom. The third-order valence-corrected chi connectivity index (χ3v) is 4.79. The van der Waals surface area contributed by atoms with Gasteiger partial charge in [-0.1, -0.05) is 38.5 Å². The molecule has 0 radical (unpaired) electrons. The normalized spacial score (nSPS) is 18.0. The summed E-state index contributed by atoms with van der Waals surface area (Å²) < 4.78 is 1.82. The SMILES string of the molecule is CC(C)CNCCn1nnnc1SCC1(O)CCCC1. The van der Waals surface area contributed by atoms with E-state index >= 15 is 0 Å². The molecule has 1 fully saturated rings. The molecule has 0 amide bonds. The van der Waals surface area contributed by atoms with Crippen LogP contribution in [0.5, 0.6) is 0 Å². The molecule has 1 heterocycles. The van der Waals surface area contributed by atoms with E-state index in [9.17, 15) is 5.11 Å². The summed E-state index contributed by atoms with van der Waals surface area (Å²) in [7, 11) is 0. The molecule has 0 spiro atoms. The summed E-state index contributed by atoms with van der Waals surface area (Å²) >= 11 is 1.56. The third-order valence-electron chi connectivity index (χ3n) is 3.56. The number of tetrazole rings is 1. The van der Waals surface area contributed by atoms with Crippen molar-refractivity contribution < 1.29 is 5.11 Å².